The van der Waals surface area contributed by atoms with Gasteiger partial charge in [-0.1, -0.05) is 6.92 Å². The van der Waals surface area contributed by atoms with Crippen molar-refractivity contribution >= 4 is 153 Å². The number of carbonyl (C=O) groups is 3. The fraction of sp³-hybridized carbons (Fsp3) is 0.464. The molecule has 0 bridgehead atoms. The highest BCUT2D eigenvalue weighted by Crippen LogP contribution is 2.35. The van der Waals surface area contributed by atoms with Crippen LogP contribution in [0.5, 0.6) is 0 Å². The summed E-state index contributed by atoms with van der Waals surface area (Å²) in [6.07, 6.45) is 2.02. The monoisotopic (exact) mass is 1240 g/mol. The van der Waals surface area contributed by atoms with E-state index in [-0.39, 0.29) is 25.6 Å². The molecule has 1 fully saturated rings. The Labute approximate surface area is 322 Å². The van der Waals surface area contributed by atoms with Crippen molar-refractivity contribution in [2.75, 3.05) is 26.3 Å². The second-order valence-electron chi connectivity index (χ2n) is 10.3. The fourth-order valence-electron chi connectivity index (χ4n) is 4.43. The Morgan fingerprint density at radius 1 is 0.805 bits per heavy atom. The van der Waals surface area contributed by atoms with Crippen molar-refractivity contribution in [3.05, 3.63) is 56.8 Å². The van der Waals surface area contributed by atoms with Gasteiger partial charge >= 0.3 is 17.9 Å². The molecule has 1 saturated heterocycles. The third-order valence-corrected chi connectivity index (χ3v) is 14.5. The lowest BCUT2D eigenvalue weighted by atomic mass is 9.82. The van der Waals surface area contributed by atoms with E-state index in [1.807, 2.05) is 32.9 Å². The van der Waals surface area contributed by atoms with Crippen LogP contribution in [-0.4, -0.2) is 49.8 Å². The summed E-state index contributed by atoms with van der Waals surface area (Å²) < 4.78 is 23.0. The minimum absolute atomic E-state index is 0.178. The van der Waals surface area contributed by atoms with Gasteiger partial charge in [-0.25, -0.2) is 9.59 Å². The van der Waals surface area contributed by atoms with Crippen LogP contribution in [0.15, 0.2) is 24.3 Å². The van der Waals surface area contributed by atoms with E-state index in [9.17, 15) is 14.4 Å². The van der Waals surface area contributed by atoms with Crippen molar-refractivity contribution in [2.24, 2.45) is 11.3 Å². The predicted molar refractivity (Wildman–Crippen MR) is 208 cm³/mol. The summed E-state index contributed by atoms with van der Waals surface area (Å²) in [6.45, 7) is 6.82. The molecule has 1 N–H and O–H groups in total. The minimum atomic E-state index is -1.38. The van der Waals surface area contributed by atoms with Gasteiger partial charge in [-0.2, -0.15) is 0 Å². The van der Waals surface area contributed by atoms with Crippen molar-refractivity contribution in [3.63, 3.8) is 0 Å². The van der Waals surface area contributed by atoms with E-state index in [1.54, 1.807) is 12.1 Å². The van der Waals surface area contributed by atoms with Crippen LogP contribution in [0.1, 0.15) is 60.7 Å². The number of halogens is 6. The maximum Gasteiger partial charge on any atom is 0.339 e. The summed E-state index contributed by atoms with van der Waals surface area (Å²) in [7, 11) is 0. The molecule has 41 heavy (non-hydrogen) atoms. The Morgan fingerprint density at radius 3 is 1.66 bits per heavy atom. The summed E-state index contributed by atoms with van der Waals surface area (Å²) in [5.41, 5.74) is -1.27. The highest BCUT2D eigenvalue weighted by atomic mass is 127. The molecular weight excluding hydrogens is 1210 g/mol. The van der Waals surface area contributed by atoms with Crippen LogP contribution in [0.2, 0.25) is 0 Å². The summed E-state index contributed by atoms with van der Waals surface area (Å²) in [6, 6.07) is 7.48. The van der Waals surface area contributed by atoms with E-state index in [1.165, 1.54) is 0 Å². The molecule has 2 aromatic carbocycles. The largest absolute Gasteiger partial charge is 0.461 e. The summed E-state index contributed by atoms with van der Waals surface area (Å²) >= 11 is 12.9. The summed E-state index contributed by atoms with van der Waals surface area (Å²) in [4.78, 5) is 40.5. The number of nitrogens with one attached hydrogen (secondary N) is 1. The van der Waals surface area contributed by atoms with Gasteiger partial charge < -0.3 is 19.5 Å². The standard InChI is InChI=1S/C28H29I6NO6/c1-4-28(26(38)41-27(2,3)15-5-7-35-8-6-15,13-39-24(36)18-9-16(29)11-20(31)22(18)33)14-40-25(37)19-10-17(30)12-21(32)23(19)34/h9-12,15,35H,4-8,13-14H2,1-3H3. The molecule has 2 aromatic rings. The molecule has 0 aromatic heterocycles. The second-order valence-corrected chi connectivity index (χ2v) is 17.3. The van der Waals surface area contributed by atoms with E-state index >= 15 is 0 Å². The van der Waals surface area contributed by atoms with Crippen molar-refractivity contribution in [2.45, 2.75) is 45.6 Å². The SMILES string of the molecule is CCC(COC(=O)c1cc(I)cc(I)c1I)(COC(=O)c1cc(I)cc(I)c1I)C(=O)OC(C)(C)C1CCNCC1. The highest BCUT2D eigenvalue weighted by Gasteiger charge is 2.46. The molecule has 7 nitrogen and oxygen atoms in total. The maximum absolute atomic E-state index is 14.0. The molecule has 1 aliphatic heterocycles. The zero-order valence-corrected chi connectivity index (χ0v) is 35.5. The van der Waals surface area contributed by atoms with Crippen LogP contribution in [0.4, 0.5) is 0 Å². The van der Waals surface area contributed by atoms with Crippen LogP contribution in [0.3, 0.4) is 0 Å². The number of hydrogen-bond donors (Lipinski definition) is 1. The van der Waals surface area contributed by atoms with Crippen molar-refractivity contribution < 1.29 is 28.6 Å². The van der Waals surface area contributed by atoms with Crippen LogP contribution in [-0.2, 0) is 19.0 Å². The Morgan fingerprint density at radius 2 is 1.24 bits per heavy atom. The molecule has 0 saturated carbocycles. The molecule has 224 valence electrons. The van der Waals surface area contributed by atoms with E-state index in [0.717, 1.165) is 47.4 Å². The van der Waals surface area contributed by atoms with Gasteiger partial charge in [0.25, 0.3) is 0 Å². The number of esters is 3. The van der Waals surface area contributed by atoms with E-state index in [2.05, 4.69) is 141 Å². The number of piperidine rings is 1. The van der Waals surface area contributed by atoms with Crippen LogP contribution in [0, 0.1) is 32.8 Å². The maximum atomic E-state index is 14.0. The molecular formula is C28H29I6NO6. The fourth-order valence-corrected chi connectivity index (χ4v) is 9.18. The summed E-state index contributed by atoms with van der Waals surface area (Å²) in [5.74, 6) is -1.44. The molecule has 0 amide bonds. The lowest BCUT2D eigenvalue weighted by Crippen LogP contribution is -2.49. The minimum Gasteiger partial charge on any atom is -0.461 e. The Hall–Kier alpha value is 1.19. The zero-order chi connectivity index (χ0) is 30.5. The molecule has 0 spiro atoms. The quantitative estimate of drug-likeness (QED) is 0.112. The molecule has 0 radical (unpaired) electrons. The first kappa shape index (κ1) is 36.7. The molecule has 3 rings (SSSR count). The Kier molecular flexibility index (Phi) is 14.4. The van der Waals surface area contributed by atoms with Gasteiger partial charge in [-0.05, 0) is 206 Å². The first-order chi connectivity index (χ1) is 19.2. The Bertz CT molecular complexity index is 1240. The third-order valence-electron chi connectivity index (χ3n) is 7.17. The van der Waals surface area contributed by atoms with E-state index in [4.69, 9.17) is 14.2 Å². The first-order valence-corrected chi connectivity index (χ1v) is 19.3. The molecule has 0 atom stereocenters. The lowest BCUT2D eigenvalue weighted by molar-refractivity contribution is -0.181. The smallest absolute Gasteiger partial charge is 0.339 e. The number of carbonyl (C=O) groups excluding carboxylic acids is 3. The topological polar surface area (TPSA) is 90.9 Å². The molecule has 1 heterocycles. The van der Waals surface area contributed by atoms with Crippen LogP contribution in [0.25, 0.3) is 0 Å². The predicted octanol–water partition coefficient (Wildman–Crippen LogP) is 8.05. The lowest BCUT2D eigenvalue weighted by Gasteiger charge is -2.40. The zero-order valence-electron chi connectivity index (χ0n) is 22.6. The highest BCUT2D eigenvalue weighted by molar-refractivity contribution is 14.1. The molecule has 0 aliphatic carbocycles. The van der Waals surface area contributed by atoms with Crippen molar-refractivity contribution in [1.29, 1.82) is 0 Å². The van der Waals surface area contributed by atoms with Gasteiger partial charge in [0.15, 0.2) is 0 Å². The molecule has 0 unspecified atom stereocenters. The van der Waals surface area contributed by atoms with Crippen LogP contribution < -0.4 is 5.32 Å². The van der Waals surface area contributed by atoms with Crippen molar-refractivity contribution in [1.82, 2.24) is 5.32 Å². The average molecular weight is 1240 g/mol. The van der Waals surface area contributed by atoms with Gasteiger partial charge in [0.1, 0.15) is 24.2 Å². The third kappa shape index (κ3) is 9.60. The molecule has 13 heteroatoms. The van der Waals surface area contributed by atoms with Gasteiger partial charge in [0.05, 0.1) is 11.1 Å². The molecule has 1 aliphatic rings. The van der Waals surface area contributed by atoms with Crippen LogP contribution >= 0.6 is 136 Å². The number of benzene rings is 2. The van der Waals surface area contributed by atoms with Gasteiger partial charge in [0.2, 0.25) is 0 Å². The van der Waals surface area contributed by atoms with Crippen molar-refractivity contribution in [3.8, 4) is 0 Å². The second kappa shape index (κ2) is 16.1. The normalized spacial score (nSPS) is 14.5. The summed E-state index contributed by atoms with van der Waals surface area (Å²) in [5, 5.41) is 3.34. The number of ether oxygens (including phenoxy) is 3. The Balaban J connectivity index is 1.89. The number of hydrogen-bond acceptors (Lipinski definition) is 7. The van der Waals surface area contributed by atoms with E-state index in [0.29, 0.717) is 11.1 Å². The van der Waals surface area contributed by atoms with Gasteiger partial charge in [0, 0.05) is 27.3 Å². The van der Waals surface area contributed by atoms with E-state index < -0.39 is 28.9 Å². The van der Waals surface area contributed by atoms with Gasteiger partial charge in [-0.15, -0.1) is 0 Å². The average Bonchev–Trinajstić information content (AvgIpc) is 2.92. The number of rotatable bonds is 10. The van der Waals surface area contributed by atoms with Gasteiger partial charge in [-0.3, -0.25) is 4.79 Å². The first-order valence-electron chi connectivity index (χ1n) is 12.8.